The first-order valence-corrected chi connectivity index (χ1v) is 7.42. The van der Waals surface area contributed by atoms with Gasteiger partial charge in [-0.25, -0.2) is 0 Å². The molecular weight excluding hydrogens is 250 g/mol. The lowest BCUT2D eigenvalue weighted by molar-refractivity contribution is 0.200. The molecule has 3 heteroatoms. The first-order chi connectivity index (χ1) is 9.53. The Morgan fingerprint density at radius 3 is 2.50 bits per heavy atom. The average molecular weight is 277 g/mol. The van der Waals surface area contributed by atoms with Gasteiger partial charge in [-0.2, -0.15) is 0 Å². The van der Waals surface area contributed by atoms with Crippen molar-refractivity contribution in [1.29, 1.82) is 0 Å². The van der Waals surface area contributed by atoms with E-state index >= 15 is 0 Å². The largest absolute Gasteiger partial charge is 0.497 e. The lowest BCUT2D eigenvalue weighted by Gasteiger charge is -2.35. The van der Waals surface area contributed by atoms with Crippen LogP contribution in [0.25, 0.3) is 0 Å². The Bertz CT molecular complexity index is 456. The number of methoxy groups -OCH3 is 2. The van der Waals surface area contributed by atoms with Crippen molar-refractivity contribution < 1.29 is 9.47 Å². The van der Waals surface area contributed by atoms with E-state index in [-0.39, 0.29) is 0 Å². The lowest BCUT2D eigenvalue weighted by atomic mass is 9.75. The van der Waals surface area contributed by atoms with E-state index in [1.807, 2.05) is 19.2 Å². The Morgan fingerprint density at radius 2 is 2.00 bits per heavy atom. The Balaban J connectivity index is 2.40. The highest BCUT2D eigenvalue weighted by atomic mass is 16.5. The molecule has 1 aromatic carbocycles. The van der Waals surface area contributed by atoms with Gasteiger partial charge in [-0.05, 0) is 49.4 Å². The minimum atomic E-state index is 0.303. The SMILES string of the molecule is CNC(c1cc(OC)ccc1OC)C1CCCC1(C)C. The molecule has 0 radical (unpaired) electrons. The van der Waals surface area contributed by atoms with Crippen LogP contribution in [0.5, 0.6) is 11.5 Å². The molecule has 0 aliphatic heterocycles. The summed E-state index contributed by atoms with van der Waals surface area (Å²) in [6, 6.07) is 6.36. The molecule has 0 saturated heterocycles. The molecule has 0 amide bonds. The molecule has 1 fully saturated rings. The Labute approximate surface area is 122 Å². The van der Waals surface area contributed by atoms with Gasteiger partial charge in [0.1, 0.15) is 11.5 Å². The first kappa shape index (κ1) is 15.2. The Hall–Kier alpha value is -1.22. The second kappa shape index (κ2) is 6.04. The number of benzene rings is 1. The molecule has 0 aromatic heterocycles. The van der Waals surface area contributed by atoms with Gasteiger partial charge in [-0.15, -0.1) is 0 Å². The van der Waals surface area contributed by atoms with Gasteiger partial charge in [-0.1, -0.05) is 20.3 Å². The van der Waals surface area contributed by atoms with Crippen LogP contribution in [0.3, 0.4) is 0 Å². The van der Waals surface area contributed by atoms with E-state index in [1.54, 1.807) is 14.2 Å². The molecule has 2 unspecified atom stereocenters. The molecule has 2 rings (SSSR count). The van der Waals surface area contributed by atoms with E-state index in [0.29, 0.717) is 17.4 Å². The van der Waals surface area contributed by atoms with E-state index in [4.69, 9.17) is 9.47 Å². The van der Waals surface area contributed by atoms with E-state index in [0.717, 1.165) is 11.5 Å². The molecule has 0 heterocycles. The zero-order valence-corrected chi connectivity index (χ0v) is 13.3. The van der Waals surface area contributed by atoms with Crippen molar-refractivity contribution in [1.82, 2.24) is 5.32 Å². The van der Waals surface area contributed by atoms with Gasteiger partial charge in [0.15, 0.2) is 0 Å². The topological polar surface area (TPSA) is 30.5 Å². The van der Waals surface area contributed by atoms with Crippen molar-refractivity contribution in [3.8, 4) is 11.5 Å². The van der Waals surface area contributed by atoms with Gasteiger partial charge in [0.25, 0.3) is 0 Å². The summed E-state index contributed by atoms with van der Waals surface area (Å²) in [6.45, 7) is 4.75. The van der Waals surface area contributed by atoms with Gasteiger partial charge >= 0.3 is 0 Å². The second-order valence-electron chi connectivity index (χ2n) is 6.36. The Morgan fingerprint density at radius 1 is 1.25 bits per heavy atom. The predicted octanol–water partition coefficient (Wildman–Crippen LogP) is 3.79. The van der Waals surface area contributed by atoms with Crippen molar-refractivity contribution in [2.75, 3.05) is 21.3 Å². The molecule has 112 valence electrons. The minimum absolute atomic E-state index is 0.303. The summed E-state index contributed by atoms with van der Waals surface area (Å²) in [5.41, 5.74) is 1.57. The number of hydrogen-bond acceptors (Lipinski definition) is 3. The molecular formula is C17H27NO2. The van der Waals surface area contributed by atoms with Crippen LogP contribution in [0.1, 0.15) is 44.7 Å². The summed E-state index contributed by atoms with van der Waals surface area (Å²) in [6.07, 6.45) is 3.86. The molecule has 1 aliphatic carbocycles. The number of rotatable bonds is 5. The van der Waals surface area contributed by atoms with Crippen molar-refractivity contribution in [2.24, 2.45) is 11.3 Å². The fourth-order valence-electron chi connectivity index (χ4n) is 3.63. The van der Waals surface area contributed by atoms with Gasteiger partial charge in [0.2, 0.25) is 0 Å². The van der Waals surface area contributed by atoms with Crippen molar-refractivity contribution in [2.45, 2.75) is 39.2 Å². The highest BCUT2D eigenvalue weighted by molar-refractivity contribution is 5.42. The van der Waals surface area contributed by atoms with Crippen LogP contribution >= 0.6 is 0 Å². The van der Waals surface area contributed by atoms with E-state index in [2.05, 4.69) is 25.2 Å². The number of ether oxygens (including phenoxy) is 2. The summed E-state index contributed by atoms with van der Waals surface area (Å²) in [4.78, 5) is 0. The molecule has 20 heavy (non-hydrogen) atoms. The zero-order chi connectivity index (χ0) is 14.8. The lowest BCUT2D eigenvalue weighted by Crippen LogP contribution is -2.32. The van der Waals surface area contributed by atoms with Crippen LogP contribution < -0.4 is 14.8 Å². The highest BCUT2D eigenvalue weighted by Crippen LogP contribution is 2.50. The van der Waals surface area contributed by atoms with E-state index in [1.165, 1.54) is 24.8 Å². The maximum Gasteiger partial charge on any atom is 0.123 e. The van der Waals surface area contributed by atoms with Crippen LogP contribution in [0.15, 0.2) is 18.2 Å². The number of hydrogen-bond donors (Lipinski definition) is 1. The standard InChI is InChI=1S/C17H27NO2/c1-17(2)10-6-7-14(17)16(18-3)13-11-12(19-4)8-9-15(13)20-5/h8-9,11,14,16,18H,6-7,10H2,1-5H3. The fraction of sp³-hybridized carbons (Fsp3) is 0.647. The number of nitrogens with one attached hydrogen (secondary N) is 1. The van der Waals surface area contributed by atoms with Crippen LogP contribution in [0.2, 0.25) is 0 Å². The van der Waals surface area contributed by atoms with Crippen LogP contribution in [0.4, 0.5) is 0 Å². The minimum Gasteiger partial charge on any atom is -0.497 e. The maximum absolute atomic E-state index is 5.56. The van der Waals surface area contributed by atoms with Gasteiger partial charge in [0.05, 0.1) is 14.2 Å². The molecule has 3 nitrogen and oxygen atoms in total. The average Bonchev–Trinajstić information content (AvgIpc) is 2.79. The van der Waals surface area contributed by atoms with Crippen LogP contribution in [-0.2, 0) is 0 Å². The molecule has 1 aromatic rings. The molecule has 2 atom stereocenters. The quantitative estimate of drug-likeness (QED) is 0.888. The zero-order valence-electron chi connectivity index (χ0n) is 13.3. The summed E-state index contributed by atoms with van der Waals surface area (Å²) in [5.74, 6) is 2.44. The van der Waals surface area contributed by atoms with Crippen LogP contribution in [0, 0.1) is 11.3 Å². The third-order valence-electron chi connectivity index (χ3n) is 4.83. The molecule has 1 N–H and O–H groups in total. The second-order valence-corrected chi connectivity index (χ2v) is 6.36. The summed E-state index contributed by atoms with van der Waals surface area (Å²) in [5, 5.41) is 3.51. The summed E-state index contributed by atoms with van der Waals surface area (Å²) in [7, 11) is 5.48. The molecule has 0 bridgehead atoms. The normalized spacial score (nSPS) is 22.6. The van der Waals surface area contributed by atoms with Gasteiger partial charge < -0.3 is 14.8 Å². The van der Waals surface area contributed by atoms with Crippen molar-refractivity contribution in [3.63, 3.8) is 0 Å². The Kier molecular flexibility index (Phi) is 4.59. The smallest absolute Gasteiger partial charge is 0.123 e. The monoisotopic (exact) mass is 277 g/mol. The summed E-state index contributed by atoms with van der Waals surface area (Å²) >= 11 is 0. The maximum atomic E-state index is 5.56. The highest BCUT2D eigenvalue weighted by Gasteiger charge is 2.40. The van der Waals surface area contributed by atoms with Crippen molar-refractivity contribution in [3.05, 3.63) is 23.8 Å². The molecule has 1 aliphatic rings. The molecule has 0 spiro atoms. The van der Waals surface area contributed by atoms with Crippen LogP contribution in [-0.4, -0.2) is 21.3 Å². The van der Waals surface area contributed by atoms with E-state index < -0.39 is 0 Å². The third-order valence-corrected chi connectivity index (χ3v) is 4.83. The van der Waals surface area contributed by atoms with E-state index in [9.17, 15) is 0 Å². The first-order valence-electron chi connectivity index (χ1n) is 7.42. The summed E-state index contributed by atoms with van der Waals surface area (Å²) < 4.78 is 10.9. The van der Waals surface area contributed by atoms with Gasteiger partial charge in [-0.3, -0.25) is 0 Å². The predicted molar refractivity (Wildman–Crippen MR) is 82.5 cm³/mol. The fourth-order valence-corrected chi connectivity index (χ4v) is 3.63. The van der Waals surface area contributed by atoms with Gasteiger partial charge in [0, 0.05) is 11.6 Å². The molecule has 1 saturated carbocycles. The van der Waals surface area contributed by atoms with Crippen molar-refractivity contribution >= 4 is 0 Å². The third kappa shape index (κ3) is 2.78.